The second-order valence-corrected chi connectivity index (χ2v) is 15.4. The maximum atomic E-state index is 3.90. The molecule has 1 heterocycles. The molecule has 0 radical (unpaired) electrons. The van der Waals surface area contributed by atoms with Gasteiger partial charge in [0.15, 0.2) is 6.21 Å². The predicted molar refractivity (Wildman–Crippen MR) is 260 cm³/mol. The van der Waals surface area contributed by atoms with E-state index in [1.54, 1.807) is 0 Å². The van der Waals surface area contributed by atoms with Crippen molar-refractivity contribution in [3.63, 3.8) is 0 Å². The van der Waals surface area contributed by atoms with Crippen molar-refractivity contribution in [2.45, 2.75) is 25.7 Å². The SMILES string of the molecule is C\C=C/C=C\C=C\C1(c2ccccc2)c2ccccc2-c2cc3c(cc21)[N+](=C/C(=C\C=C/C)N/C(=C\Cc1ccc(-c2ccccc2)cc1)c1ccccc1)c1ccccc1-3. The number of hydrogen-bond acceptors (Lipinski definition) is 1. The van der Waals surface area contributed by atoms with Gasteiger partial charge < -0.3 is 5.32 Å². The molecule has 1 unspecified atom stereocenters. The van der Waals surface area contributed by atoms with E-state index in [4.69, 9.17) is 0 Å². The van der Waals surface area contributed by atoms with Crippen LogP contribution >= 0.6 is 0 Å². The maximum Gasteiger partial charge on any atom is 0.219 e. The Morgan fingerprint density at radius 3 is 1.92 bits per heavy atom. The van der Waals surface area contributed by atoms with Crippen LogP contribution in [0.2, 0.25) is 0 Å². The number of benzene rings is 7. The zero-order valence-corrected chi connectivity index (χ0v) is 34.7. The summed E-state index contributed by atoms with van der Waals surface area (Å²) in [5.41, 5.74) is 17.5. The largest absolute Gasteiger partial charge is 0.350 e. The average Bonchev–Trinajstić information content (AvgIpc) is 3.78. The number of allylic oxidation sites excluding steroid dienone is 11. The van der Waals surface area contributed by atoms with Crippen LogP contribution in [-0.4, -0.2) is 6.21 Å². The molecule has 9 rings (SSSR count). The summed E-state index contributed by atoms with van der Waals surface area (Å²) in [5.74, 6) is 0. The Morgan fingerprint density at radius 1 is 0.525 bits per heavy atom. The number of nitrogens with zero attached hydrogens (tertiary/aromatic N) is 1. The third kappa shape index (κ3) is 7.73. The van der Waals surface area contributed by atoms with Gasteiger partial charge in [-0.15, -0.1) is 0 Å². The molecule has 7 aromatic rings. The Morgan fingerprint density at radius 2 is 1.16 bits per heavy atom. The number of rotatable bonds is 12. The topological polar surface area (TPSA) is 15.0 Å². The summed E-state index contributed by atoms with van der Waals surface area (Å²) in [7, 11) is 0. The number of nitrogens with one attached hydrogen (secondary N) is 1. The third-order valence-electron chi connectivity index (χ3n) is 11.7. The van der Waals surface area contributed by atoms with Crippen LogP contribution in [0.4, 0.5) is 11.4 Å². The van der Waals surface area contributed by atoms with Crippen molar-refractivity contribution in [1.82, 2.24) is 9.89 Å². The summed E-state index contributed by atoms with van der Waals surface area (Å²) in [6, 6.07) is 63.7. The monoisotopic (exact) mass is 785 g/mol. The van der Waals surface area contributed by atoms with Gasteiger partial charge in [-0.2, -0.15) is 4.58 Å². The molecule has 2 nitrogen and oxygen atoms in total. The molecule has 0 bridgehead atoms. The van der Waals surface area contributed by atoms with Gasteiger partial charge in [-0.05, 0) is 88.5 Å². The van der Waals surface area contributed by atoms with Crippen LogP contribution in [-0.2, 0) is 11.8 Å². The molecule has 1 N–H and O–H groups in total. The summed E-state index contributed by atoms with van der Waals surface area (Å²) in [6.07, 6.45) is 24.7. The lowest BCUT2D eigenvalue weighted by atomic mass is 9.72. The van der Waals surface area contributed by atoms with Crippen LogP contribution in [0.1, 0.15) is 41.7 Å². The summed E-state index contributed by atoms with van der Waals surface area (Å²) in [4.78, 5) is 0. The minimum Gasteiger partial charge on any atom is -0.350 e. The smallest absolute Gasteiger partial charge is 0.219 e. The van der Waals surface area contributed by atoms with Crippen LogP contribution in [0.25, 0.3) is 39.1 Å². The van der Waals surface area contributed by atoms with Crippen molar-refractivity contribution in [1.29, 1.82) is 0 Å². The first-order valence-electron chi connectivity index (χ1n) is 21.2. The van der Waals surface area contributed by atoms with E-state index in [9.17, 15) is 0 Å². The van der Waals surface area contributed by atoms with Crippen molar-refractivity contribution in [3.05, 3.63) is 270 Å². The Balaban J connectivity index is 1.16. The Labute approximate surface area is 360 Å². The van der Waals surface area contributed by atoms with Crippen molar-refractivity contribution >= 4 is 23.3 Å². The highest BCUT2D eigenvalue weighted by Crippen LogP contribution is 2.57. The van der Waals surface area contributed by atoms with Gasteiger partial charge in [-0.25, -0.2) is 0 Å². The Hall–Kier alpha value is -7.55. The molecule has 0 saturated carbocycles. The van der Waals surface area contributed by atoms with Gasteiger partial charge in [0.2, 0.25) is 11.4 Å². The molecule has 2 aliphatic rings. The second-order valence-electron chi connectivity index (χ2n) is 15.4. The van der Waals surface area contributed by atoms with Crippen LogP contribution in [0.5, 0.6) is 0 Å². The van der Waals surface area contributed by atoms with E-state index in [0.29, 0.717) is 0 Å². The minimum absolute atomic E-state index is 0.493. The van der Waals surface area contributed by atoms with Gasteiger partial charge in [0, 0.05) is 17.8 Å². The van der Waals surface area contributed by atoms with Crippen molar-refractivity contribution in [3.8, 4) is 33.4 Å². The summed E-state index contributed by atoms with van der Waals surface area (Å²) >= 11 is 0. The van der Waals surface area contributed by atoms with Crippen molar-refractivity contribution < 1.29 is 0 Å². The lowest BCUT2D eigenvalue weighted by Crippen LogP contribution is -2.24. The van der Waals surface area contributed by atoms with E-state index in [1.807, 2.05) is 6.92 Å². The van der Waals surface area contributed by atoms with E-state index in [-0.39, 0.29) is 0 Å². The Bertz CT molecular complexity index is 2890. The third-order valence-corrected chi connectivity index (χ3v) is 11.7. The second kappa shape index (κ2) is 17.7. The molecule has 7 aromatic carbocycles. The molecule has 1 aliphatic carbocycles. The van der Waals surface area contributed by atoms with E-state index in [1.165, 1.54) is 55.6 Å². The first kappa shape index (κ1) is 38.9. The molecule has 294 valence electrons. The molecular formula is C59H49N2+. The molecule has 1 aliphatic heterocycles. The summed E-state index contributed by atoms with van der Waals surface area (Å²) in [5, 5.41) is 3.90. The molecule has 2 heteroatoms. The lowest BCUT2D eigenvalue weighted by molar-refractivity contribution is 0.803. The predicted octanol–water partition coefficient (Wildman–Crippen LogP) is 14.6. The van der Waals surface area contributed by atoms with Crippen LogP contribution in [0, 0.1) is 0 Å². The first-order valence-corrected chi connectivity index (χ1v) is 21.2. The molecule has 0 aromatic heterocycles. The molecule has 61 heavy (non-hydrogen) atoms. The lowest BCUT2D eigenvalue weighted by Gasteiger charge is -2.29. The van der Waals surface area contributed by atoms with Gasteiger partial charge in [0.1, 0.15) is 5.70 Å². The fraction of sp³-hybridized carbons (Fsp3) is 0.0678. The van der Waals surface area contributed by atoms with E-state index in [0.717, 1.165) is 34.8 Å². The van der Waals surface area contributed by atoms with Crippen LogP contribution in [0.15, 0.2) is 242 Å². The van der Waals surface area contributed by atoms with Crippen molar-refractivity contribution in [2.75, 3.05) is 0 Å². The highest BCUT2D eigenvalue weighted by Gasteiger charge is 2.45. The number of para-hydroxylation sites is 1. The fourth-order valence-corrected chi connectivity index (χ4v) is 8.82. The molecule has 0 fully saturated rings. The van der Waals surface area contributed by atoms with Gasteiger partial charge in [-0.1, -0.05) is 206 Å². The molecule has 0 saturated heterocycles. The van der Waals surface area contributed by atoms with Crippen molar-refractivity contribution in [2.24, 2.45) is 0 Å². The van der Waals surface area contributed by atoms with Crippen LogP contribution < -0.4 is 9.89 Å². The molecule has 0 amide bonds. The van der Waals surface area contributed by atoms with E-state index in [2.05, 4.69) is 260 Å². The fourth-order valence-electron chi connectivity index (χ4n) is 8.82. The van der Waals surface area contributed by atoms with E-state index >= 15 is 0 Å². The molecule has 0 spiro atoms. The molecular weight excluding hydrogens is 737 g/mol. The van der Waals surface area contributed by atoms with Gasteiger partial charge >= 0.3 is 0 Å². The first-order chi connectivity index (χ1) is 30.2. The zero-order valence-electron chi connectivity index (χ0n) is 34.7. The highest BCUT2D eigenvalue weighted by atomic mass is 15.1. The highest BCUT2D eigenvalue weighted by molar-refractivity contribution is 6.02. The summed E-state index contributed by atoms with van der Waals surface area (Å²) in [6.45, 7) is 4.11. The number of fused-ring (bicyclic) bond motifs is 6. The zero-order chi connectivity index (χ0) is 41.4. The standard InChI is InChI=1S/C59H49N2/c1-3-5-7-8-22-40-59(48-27-16-11-17-28-48)54-32-20-18-30-50(54)52-41-53-51-31-19-21-33-57(51)61(58(53)42-55(52)59)43-49(29-6-4-2)60-56(47-25-14-10-15-26-47)39-36-44-34-37-46(38-35-44)45-23-12-9-13-24-45/h3-35,37-43,60H,36H2,1-2H3/q+1/b5-3-,6-4-,8-7-,40-22+,49-29+,56-39-,61-43?. The minimum atomic E-state index is -0.493. The molecule has 1 atom stereocenters. The normalized spacial score (nSPS) is 16.5. The van der Waals surface area contributed by atoms with Gasteiger partial charge in [-0.3, -0.25) is 0 Å². The van der Waals surface area contributed by atoms with Gasteiger partial charge in [0.25, 0.3) is 0 Å². The average molecular weight is 786 g/mol. The quantitative estimate of drug-likeness (QED) is 0.0963. The number of hydrogen-bond donors (Lipinski definition) is 1. The Kier molecular flexibility index (Phi) is 11.3. The summed E-state index contributed by atoms with van der Waals surface area (Å²) < 4.78 is 2.38. The van der Waals surface area contributed by atoms with Crippen LogP contribution in [0.3, 0.4) is 0 Å². The maximum absolute atomic E-state index is 3.90. The van der Waals surface area contributed by atoms with E-state index < -0.39 is 5.41 Å². The van der Waals surface area contributed by atoms with Gasteiger partial charge in [0.05, 0.1) is 16.5 Å².